The van der Waals surface area contributed by atoms with E-state index in [0.29, 0.717) is 16.3 Å². The predicted octanol–water partition coefficient (Wildman–Crippen LogP) is 4.90. The zero-order chi connectivity index (χ0) is 20.8. The average molecular weight is 402 g/mol. The van der Waals surface area contributed by atoms with Gasteiger partial charge in [0.1, 0.15) is 5.75 Å². The summed E-state index contributed by atoms with van der Waals surface area (Å²) in [5.41, 5.74) is 4.35. The van der Waals surface area contributed by atoms with Gasteiger partial charge in [-0.2, -0.15) is 0 Å². The molecule has 0 radical (unpaired) electrons. The van der Waals surface area contributed by atoms with Crippen molar-refractivity contribution >= 4 is 35.1 Å². The molecule has 0 bridgehead atoms. The second kappa shape index (κ2) is 9.60. The first kappa shape index (κ1) is 21.8. The minimum atomic E-state index is 0.0521. The van der Waals surface area contributed by atoms with E-state index in [-0.39, 0.29) is 12.3 Å². The van der Waals surface area contributed by atoms with Gasteiger partial charge in [0.2, 0.25) is 0 Å². The van der Waals surface area contributed by atoms with Gasteiger partial charge in [0.25, 0.3) is 0 Å². The number of Topliss-reactive ketones (excluding diaryl/α,β-unsaturated/α-hetero) is 1. The Hall–Kier alpha value is -2.53. The third-order valence-corrected chi connectivity index (χ3v) is 4.99. The largest absolute Gasteiger partial charge is 0.495 e. The fraction of sp³-hybridized carbons (Fsp3) is 0.364. The van der Waals surface area contributed by atoms with Crippen LogP contribution in [0.15, 0.2) is 35.3 Å². The molecule has 0 unspecified atom stereocenters. The zero-order valence-corrected chi connectivity index (χ0v) is 18.2. The molecule has 0 fully saturated rings. The molecule has 0 aliphatic rings. The van der Waals surface area contributed by atoms with Crippen LogP contribution in [0.5, 0.6) is 5.75 Å². The van der Waals surface area contributed by atoms with E-state index in [1.807, 2.05) is 62.3 Å². The minimum Gasteiger partial charge on any atom is -0.495 e. The van der Waals surface area contributed by atoms with Gasteiger partial charge in [-0.3, -0.25) is 4.79 Å². The molecular formula is C22H28ClN3O2. The first-order valence-electron chi connectivity index (χ1n) is 9.20. The van der Waals surface area contributed by atoms with E-state index >= 15 is 0 Å². The minimum absolute atomic E-state index is 0.0521. The highest BCUT2D eigenvalue weighted by Crippen LogP contribution is 2.29. The Labute approximate surface area is 172 Å². The molecule has 5 nitrogen and oxygen atoms in total. The van der Waals surface area contributed by atoms with E-state index in [0.717, 1.165) is 29.0 Å². The van der Waals surface area contributed by atoms with Gasteiger partial charge in [0, 0.05) is 31.9 Å². The Kier molecular flexibility index (Phi) is 7.46. The van der Waals surface area contributed by atoms with Crippen LogP contribution in [0.4, 0.5) is 11.4 Å². The summed E-state index contributed by atoms with van der Waals surface area (Å²) in [6.07, 6.45) is 1.81. The monoisotopic (exact) mass is 401 g/mol. The van der Waals surface area contributed by atoms with E-state index in [4.69, 9.17) is 16.3 Å². The Morgan fingerprint density at radius 2 is 1.89 bits per heavy atom. The van der Waals surface area contributed by atoms with E-state index in [1.54, 1.807) is 19.2 Å². The third-order valence-electron chi connectivity index (χ3n) is 4.69. The van der Waals surface area contributed by atoms with Gasteiger partial charge in [-0.25, -0.2) is 4.99 Å². The fourth-order valence-corrected chi connectivity index (χ4v) is 3.02. The molecule has 0 N–H and O–H groups in total. The maximum Gasteiger partial charge on any atom is 0.182 e. The summed E-state index contributed by atoms with van der Waals surface area (Å²) in [6.45, 7) is 7.13. The third kappa shape index (κ3) is 5.26. The second-order valence-corrected chi connectivity index (χ2v) is 7.28. The maximum absolute atomic E-state index is 12.9. The number of halogens is 1. The van der Waals surface area contributed by atoms with Gasteiger partial charge in [0.15, 0.2) is 5.78 Å². The number of likely N-dealkylation sites (N-methyl/N-ethyl adjacent to an activating group) is 1. The maximum atomic E-state index is 12.9. The number of nitrogens with zero attached hydrogens (tertiary/aromatic N) is 3. The molecule has 0 aliphatic carbocycles. The molecule has 2 aromatic carbocycles. The standard InChI is InChI=1S/C22H28ClN3O2/c1-7-25(4)14-24-20-11-15(2)18(10-16(20)3)21(27)13-26(5)17-8-9-22(28-6)19(23)12-17/h8-12,14H,7,13H2,1-6H3/b24-14-. The molecule has 0 aromatic heterocycles. The molecular weight excluding hydrogens is 374 g/mol. The van der Waals surface area contributed by atoms with Gasteiger partial charge in [-0.15, -0.1) is 0 Å². The Morgan fingerprint density at radius 3 is 2.50 bits per heavy atom. The van der Waals surface area contributed by atoms with Crippen molar-refractivity contribution in [3.05, 3.63) is 52.0 Å². The molecule has 0 spiro atoms. The number of hydrogen-bond acceptors (Lipinski definition) is 4. The van der Waals surface area contributed by atoms with Crippen LogP contribution in [0.1, 0.15) is 28.4 Å². The molecule has 150 valence electrons. The molecule has 0 saturated carbocycles. The summed E-state index contributed by atoms with van der Waals surface area (Å²) in [5, 5.41) is 0.519. The number of anilines is 1. The number of rotatable bonds is 8. The number of aliphatic imine (C=N–C) groups is 1. The normalized spacial score (nSPS) is 11.0. The molecule has 0 atom stereocenters. The van der Waals surface area contributed by atoms with E-state index < -0.39 is 0 Å². The van der Waals surface area contributed by atoms with Gasteiger partial charge in [0.05, 0.1) is 30.7 Å². The van der Waals surface area contributed by atoms with Gasteiger partial charge < -0.3 is 14.5 Å². The summed E-state index contributed by atoms with van der Waals surface area (Å²) in [5.74, 6) is 0.665. The second-order valence-electron chi connectivity index (χ2n) is 6.87. The average Bonchev–Trinajstić information content (AvgIpc) is 2.67. The lowest BCUT2D eigenvalue weighted by molar-refractivity contribution is 0.0999. The van der Waals surface area contributed by atoms with Crippen LogP contribution in [0.25, 0.3) is 0 Å². The molecule has 0 heterocycles. The zero-order valence-electron chi connectivity index (χ0n) is 17.4. The summed E-state index contributed by atoms with van der Waals surface area (Å²) in [7, 11) is 5.43. The van der Waals surface area contributed by atoms with E-state index in [9.17, 15) is 4.79 Å². The molecule has 0 amide bonds. The van der Waals surface area contributed by atoms with Crippen molar-refractivity contribution in [1.29, 1.82) is 0 Å². The summed E-state index contributed by atoms with van der Waals surface area (Å²) in [6, 6.07) is 9.37. The highest BCUT2D eigenvalue weighted by Gasteiger charge is 2.15. The number of benzene rings is 2. The van der Waals surface area contributed by atoms with E-state index in [2.05, 4.69) is 11.9 Å². The first-order chi connectivity index (χ1) is 13.3. The van der Waals surface area contributed by atoms with Crippen LogP contribution >= 0.6 is 11.6 Å². The molecule has 28 heavy (non-hydrogen) atoms. The van der Waals surface area contributed by atoms with Crippen molar-refractivity contribution in [2.45, 2.75) is 20.8 Å². The highest BCUT2D eigenvalue weighted by atomic mass is 35.5. The van der Waals surface area contributed by atoms with E-state index in [1.165, 1.54) is 0 Å². The number of ether oxygens (including phenoxy) is 1. The van der Waals surface area contributed by atoms with Crippen LogP contribution in [-0.4, -0.2) is 51.3 Å². The van der Waals surface area contributed by atoms with Crippen molar-refractivity contribution < 1.29 is 9.53 Å². The van der Waals surface area contributed by atoms with Crippen molar-refractivity contribution in [3.8, 4) is 5.75 Å². The van der Waals surface area contributed by atoms with Crippen LogP contribution in [-0.2, 0) is 0 Å². The van der Waals surface area contributed by atoms with Crippen LogP contribution in [0, 0.1) is 13.8 Å². The quantitative estimate of drug-likeness (QED) is 0.358. The van der Waals surface area contributed by atoms with Gasteiger partial charge in [-0.05, 0) is 62.2 Å². The number of hydrogen-bond donors (Lipinski definition) is 0. The lowest BCUT2D eigenvalue weighted by Crippen LogP contribution is -2.26. The smallest absolute Gasteiger partial charge is 0.182 e. The summed E-state index contributed by atoms with van der Waals surface area (Å²) >= 11 is 6.20. The lowest BCUT2D eigenvalue weighted by atomic mass is 10.00. The summed E-state index contributed by atoms with van der Waals surface area (Å²) in [4.78, 5) is 21.3. The van der Waals surface area contributed by atoms with Crippen molar-refractivity contribution in [2.24, 2.45) is 4.99 Å². The highest BCUT2D eigenvalue weighted by molar-refractivity contribution is 6.32. The van der Waals surface area contributed by atoms with Gasteiger partial charge in [-0.1, -0.05) is 11.6 Å². The van der Waals surface area contributed by atoms with Crippen molar-refractivity contribution in [2.75, 3.05) is 39.2 Å². The molecule has 2 aromatic rings. The number of carbonyl (C=O) groups excluding carboxylic acids is 1. The number of ketones is 1. The van der Waals surface area contributed by atoms with Crippen molar-refractivity contribution in [3.63, 3.8) is 0 Å². The Balaban J connectivity index is 2.18. The SMILES string of the molecule is CCN(C)/C=N\c1cc(C)c(C(=O)CN(C)c2ccc(OC)c(Cl)c2)cc1C. The lowest BCUT2D eigenvalue weighted by Gasteiger charge is -2.20. The van der Waals surface area contributed by atoms with Crippen LogP contribution in [0.3, 0.4) is 0 Å². The van der Waals surface area contributed by atoms with Crippen LogP contribution < -0.4 is 9.64 Å². The first-order valence-corrected chi connectivity index (χ1v) is 9.58. The molecule has 0 aliphatic heterocycles. The molecule has 2 rings (SSSR count). The van der Waals surface area contributed by atoms with Gasteiger partial charge >= 0.3 is 0 Å². The number of methoxy groups -OCH3 is 1. The Bertz CT molecular complexity index is 880. The fourth-order valence-electron chi connectivity index (χ4n) is 2.77. The van der Waals surface area contributed by atoms with Crippen LogP contribution in [0.2, 0.25) is 5.02 Å². The van der Waals surface area contributed by atoms with Crippen molar-refractivity contribution in [1.82, 2.24) is 4.90 Å². The molecule has 0 saturated heterocycles. The molecule has 6 heteroatoms. The number of carbonyl (C=O) groups is 1. The predicted molar refractivity (Wildman–Crippen MR) is 118 cm³/mol. The number of aryl methyl sites for hydroxylation is 2. The Morgan fingerprint density at radius 1 is 1.18 bits per heavy atom. The summed E-state index contributed by atoms with van der Waals surface area (Å²) < 4.78 is 5.18. The topological polar surface area (TPSA) is 45.1 Å².